The molecule has 0 spiro atoms. The number of ether oxygens (including phenoxy) is 1. The number of thioether (sulfide) groups is 1. The van der Waals surface area contributed by atoms with Crippen LogP contribution < -0.4 is 10.1 Å². The van der Waals surface area contributed by atoms with Gasteiger partial charge >= 0.3 is 5.97 Å². The van der Waals surface area contributed by atoms with Crippen molar-refractivity contribution in [3.05, 3.63) is 28.2 Å². The number of carboxylic acid groups (broad SMARTS) is 1. The van der Waals surface area contributed by atoms with Gasteiger partial charge in [-0.25, -0.2) is 4.79 Å². The van der Waals surface area contributed by atoms with Crippen molar-refractivity contribution in [2.24, 2.45) is 0 Å². The highest BCUT2D eigenvalue weighted by Crippen LogP contribution is 2.23. The Hall–Kier alpha value is -1.21. The molecule has 0 saturated carbocycles. The Morgan fingerprint density at radius 1 is 1.50 bits per heavy atom. The number of benzene rings is 1. The maximum Gasteiger partial charge on any atom is 0.326 e. The maximum absolute atomic E-state index is 12.1. The number of nitrogens with one attached hydrogen (secondary N) is 1. The number of methoxy groups -OCH3 is 1. The third kappa shape index (κ3) is 4.72. The fourth-order valence-electron chi connectivity index (χ4n) is 1.58. The Bertz CT molecular complexity index is 495. The highest BCUT2D eigenvalue weighted by atomic mass is 79.9. The molecule has 0 radical (unpaired) electrons. The van der Waals surface area contributed by atoms with Crippen LogP contribution in [0.25, 0.3) is 0 Å². The van der Waals surface area contributed by atoms with Gasteiger partial charge in [-0.3, -0.25) is 4.79 Å². The van der Waals surface area contributed by atoms with Crippen molar-refractivity contribution in [2.75, 3.05) is 19.1 Å². The summed E-state index contributed by atoms with van der Waals surface area (Å²) in [5.41, 5.74) is 0.311. The smallest absolute Gasteiger partial charge is 0.326 e. The molecule has 0 heterocycles. The molecule has 7 heteroatoms. The summed E-state index contributed by atoms with van der Waals surface area (Å²) in [6.45, 7) is 0. The quantitative estimate of drug-likeness (QED) is 0.779. The van der Waals surface area contributed by atoms with E-state index in [2.05, 4.69) is 21.2 Å². The van der Waals surface area contributed by atoms with E-state index >= 15 is 0 Å². The summed E-state index contributed by atoms with van der Waals surface area (Å²) in [7, 11) is 1.46. The van der Waals surface area contributed by atoms with Gasteiger partial charge in [0.05, 0.1) is 12.7 Å². The van der Waals surface area contributed by atoms with E-state index in [-0.39, 0.29) is 0 Å². The van der Waals surface area contributed by atoms with Gasteiger partial charge in [-0.05, 0) is 36.6 Å². The first-order valence-corrected chi connectivity index (χ1v) is 8.04. The van der Waals surface area contributed by atoms with Crippen LogP contribution in [-0.4, -0.2) is 42.1 Å². The standard InChI is InChI=1S/C13H16BrNO4S/c1-19-11-7-8(14)3-4-9(11)12(16)15-10(13(17)18)5-6-20-2/h3-4,7,10H,5-6H2,1-2H3,(H,15,16)(H,17,18)/t10-/m1/s1. The first kappa shape index (κ1) is 16.8. The molecule has 1 rings (SSSR count). The monoisotopic (exact) mass is 361 g/mol. The van der Waals surface area contributed by atoms with Crippen molar-refractivity contribution in [1.82, 2.24) is 5.32 Å². The number of carboxylic acids is 1. The number of halogens is 1. The van der Waals surface area contributed by atoms with Crippen LogP contribution in [-0.2, 0) is 4.79 Å². The average Bonchev–Trinajstić information content (AvgIpc) is 2.42. The Labute approximate surface area is 130 Å². The third-order valence-corrected chi connectivity index (χ3v) is 3.76. The fourth-order valence-corrected chi connectivity index (χ4v) is 2.39. The summed E-state index contributed by atoms with van der Waals surface area (Å²) in [4.78, 5) is 23.3. The molecular formula is C13H16BrNO4S. The summed E-state index contributed by atoms with van der Waals surface area (Å²) in [6, 6.07) is 4.05. The van der Waals surface area contributed by atoms with Crippen molar-refractivity contribution < 1.29 is 19.4 Å². The molecule has 0 aromatic heterocycles. The highest BCUT2D eigenvalue weighted by molar-refractivity contribution is 9.10. The Kier molecular flexibility index (Phi) is 6.87. The number of rotatable bonds is 7. The lowest BCUT2D eigenvalue weighted by atomic mass is 10.1. The number of carbonyl (C=O) groups is 2. The van der Waals surface area contributed by atoms with Gasteiger partial charge in [-0.1, -0.05) is 15.9 Å². The zero-order chi connectivity index (χ0) is 15.1. The van der Waals surface area contributed by atoms with Gasteiger partial charge in [0, 0.05) is 4.47 Å². The molecule has 1 aromatic rings. The first-order chi connectivity index (χ1) is 9.49. The molecule has 1 amide bonds. The van der Waals surface area contributed by atoms with Gasteiger partial charge in [0.1, 0.15) is 11.8 Å². The Morgan fingerprint density at radius 2 is 2.20 bits per heavy atom. The van der Waals surface area contributed by atoms with Gasteiger partial charge in [0.25, 0.3) is 5.91 Å². The largest absolute Gasteiger partial charge is 0.496 e. The van der Waals surface area contributed by atoms with Gasteiger partial charge < -0.3 is 15.2 Å². The minimum absolute atomic E-state index is 0.311. The van der Waals surface area contributed by atoms with E-state index in [1.165, 1.54) is 18.9 Å². The van der Waals surface area contributed by atoms with E-state index in [1.54, 1.807) is 18.2 Å². The molecule has 0 aliphatic heterocycles. The molecule has 0 bridgehead atoms. The van der Waals surface area contributed by atoms with E-state index in [9.17, 15) is 9.59 Å². The van der Waals surface area contributed by atoms with E-state index < -0.39 is 17.9 Å². The number of carbonyl (C=O) groups excluding carboxylic acids is 1. The van der Waals surface area contributed by atoms with Crippen LogP contribution in [0.4, 0.5) is 0 Å². The lowest BCUT2D eigenvalue weighted by Gasteiger charge is -2.15. The van der Waals surface area contributed by atoms with Crippen molar-refractivity contribution in [2.45, 2.75) is 12.5 Å². The molecule has 0 aliphatic carbocycles. The topological polar surface area (TPSA) is 75.6 Å². The van der Waals surface area contributed by atoms with Crippen LogP contribution in [0.2, 0.25) is 0 Å². The second kappa shape index (κ2) is 8.16. The molecule has 1 aromatic carbocycles. The predicted octanol–water partition coefficient (Wildman–Crippen LogP) is 2.39. The first-order valence-electron chi connectivity index (χ1n) is 5.85. The zero-order valence-electron chi connectivity index (χ0n) is 11.2. The Morgan fingerprint density at radius 3 is 2.75 bits per heavy atom. The van der Waals surface area contributed by atoms with Gasteiger partial charge in [0.2, 0.25) is 0 Å². The molecule has 0 aliphatic rings. The highest BCUT2D eigenvalue weighted by Gasteiger charge is 2.22. The van der Waals surface area contributed by atoms with Crippen LogP contribution in [0, 0.1) is 0 Å². The van der Waals surface area contributed by atoms with E-state index in [4.69, 9.17) is 9.84 Å². The Balaban J connectivity index is 2.86. The molecular weight excluding hydrogens is 346 g/mol. The molecule has 110 valence electrons. The summed E-state index contributed by atoms with van der Waals surface area (Å²) >= 11 is 4.82. The molecule has 0 unspecified atom stereocenters. The van der Waals surface area contributed by atoms with Gasteiger partial charge in [0.15, 0.2) is 0 Å². The molecule has 1 atom stereocenters. The molecule has 0 fully saturated rings. The lowest BCUT2D eigenvalue weighted by Crippen LogP contribution is -2.41. The second-order valence-corrected chi connectivity index (χ2v) is 5.89. The second-order valence-electron chi connectivity index (χ2n) is 3.99. The minimum atomic E-state index is -1.04. The predicted molar refractivity (Wildman–Crippen MR) is 82.6 cm³/mol. The summed E-state index contributed by atoms with van der Waals surface area (Å²) < 4.78 is 5.91. The van der Waals surface area contributed by atoms with Gasteiger partial charge in [-0.15, -0.1) is 0 Å². The summed E-state index contributed by atoms with van der Waals surface area (Å²) in [6.07, 6.45) is 2.26. The number of amides is 1. The zero-order valence-corrected chi connectivity index (χ0v) is 13.6. The van der Waals surface area contributed by atoms with Crippen molar-refractivity contribution in [1.29, 1.82) is 0 Å². The number of hydrogen-bond donors (Lipinski definition) is 2. The van der Waals surface area contributed by atoms with E-state index in [0.29, 0.717) is 23.5 Å². The molecule has 5 nitrogen and oxygen atoms in total. The van der Waals surface area contributed by atoms with Crippen LogP contribution >= 0.6 is 27.7 Å². The summed E-state index contributed by atoms with van der Waals surface area (Å²) in [5, 5.41) is 11.6. The number of aliphatic carboxylic acids is 1. The van der Waals surface area contributed by atoms with Crippen LogP contribution in [0.3, 0.4) is 0 Å². The third-order valence-electron chi connectivity index (χ3n) is 2.62. The minimum Gasteiger partial charge on any atom is -0.496 e. The molecule has 2 N–H and O–H groups in total. The van der Waals surface area contributed by atoms with Crippen LogP contribution in [0.15, 0.2) is 22.7 Å². The maximum atomic E-state index is 12.1. The van der Waals surface area contributed by atoms with Crippen molar-refractivity contribution in [3.63, 3.8) is 0 Å². The molecule has 0 saturated heterocycles. The lowest BCUT2D eigenvalue weighted by molar-refractivity contribution is -0.139. The summed E-state index contributed by atoms with van der Waals surface area (Å²) in [5.74, 6) is -0.438. The van der Waals surface area contributed by atoms with Crippen LogP contribution in [0.5, 0.6) is 5.75 Å². The fraction of sp³-hybridized carbons (Fsp3) is 0.385. The van der Waals surface area contributed by atoms with Crippen molar-refractivity contribution >= 4 is 39.6 Å². The molecule has 20 heavy (non-hydrogen) atoms. The van der Waals surface area contributed by atoms with E-state index in [1.807, 2.05) is 6.26 Å². The van der Waals surface area contributed by atoms with Crippen molar-refractivity contribution in [3.8, 4) is 5.75 Å². The van der Waals surface area contributed by atoms with Crippen LogP contribution in [0.1, 0.15) is 16.8 Å². The van der Waals surface area contributed by atoms with Gasteiger partial charge in [-0.2, -0.15) is 11.8 Å². The number of hydrogen-bond acceptors (Lipinski definition) is 4. The normalized spacial score (nSPS) is 11.8. The average molecular weight is 362 g/mol. The SMILES string of the molecule is COc1cc(Br)ccc1C(=O)N[C@H](CCSC)C(=O)O. The van der Waals surface area contributed by atoms with E-state index in [0.717, 1.165) is 4.47 Å².